The van der Waals surface area contributed by atoms with Crippen molar-refractivity contribution in [2.45, 2.75) is 38.3 Å². The second-order valence-electron chi connectivity index (χ2n) is 6.97. The van der Waals surface area contributed by atoms with Crippen LogP contribution in [0, 0.1) is 11.7 Å². The predicted molar refractivity (Wildman–Crippen MR) is 90.9 cm³/mol. The largest absolute Gasteiger partial charge is 0.444 e. The maximum atomic E-state index is 13.3. The fourth-order valence-electron chi connectivity index (χ4n) is 3.99. The molecule has 2 aromatic rings. The summed E-state index contributed by atoms with van der Waals surface area (Å²) in [5, 5.41) is 3.64. The second kappa shape index (κ2) is 7.03. The molecule has 4 nitrogen and oxygen atoms in total. The fraction of sp³-hybridized carbons (Fsp3) is 0.526. The van der Waals surface area contributed by atoms with Crippen molar-refractivity contribution < 1.29 is 8.81 Å². The number of oxazole rings is 1. The molecular formula is C19H24FN3O. The Morgan fingerprint density at radius 3 is 2.88 bits per heavy atom. The number of nitrogens with zero attached hydrogens (tertiary/aromatic N) is 2. The molecule has 1 aromatic heterocycles. The highest BCUT2D eigenvalue weighted by Crippen LogP contribution is 2.27. The number of rotatable bonds is 4. The molecule has 1 aromatic carbocycles. The van der Waals surface area contributed by atoms with Gasteiger partial charge in [-0.05, 0) is 69.4 Å². The Kier molecular flexibility index (Phi) is 4.63. The van der Waals surface area contributed by atoms with Gasteiger partial charge in [0.05, 0.1) is 5.69 Å². The van der Waals surface area contributed by atoms with Crippen LogP contribution in [0.3, 0.4) is 0 Å². The lowest BCUT2D eigenvalue weighted by Gasteiger charge is -2.34. The van der Waals surface area contributed by atoms with Gasteiger partial charge < -0.3 is 9.73 Å². The molecule has 2 fully saturated rings. The van der Waals surface area contributed by atoms with Crippen molar-refractivity contribution >= 4 is 0 Å². The van der Waals surface area contributed by atoms with Crippen LogP contribution in [0.1, 0.15) is 31.4 Å². The summed E-state index contributed by atoms with van der Waals surface area (Å²) in [6.45, 7) is 4.23. The van der Waals surface area contributed by atoms with Gasteiger partial charge in [0.1, 0.15) is 12.1 Å². The van der Waals surface area contributed by atoms with Crippen molar-refractivity contribution in [3.63, 3.8) is 0 Å². The van der Waals surface area contributed by atoms with E-state index in [1.165, 1.54) is 44.4 Å². The molecule has 24 heavy (non-hydrogen) atoms. The molecule has 0 aliphatic carbocycles. The van der Waals surface area contributed by atoms with E-state index >= 15 is 0 Å². The highest BCUT2D eigenvalue weighted by Gasteiger charge is 2.28. The third-order valence-corrected chi connectivity index (χ3v) is 5.31. The minimum absolute atomic E-state index is 0.269. The van der Waals surface area contributed by atoms with Crippen LogP contribution in [0.4, 0.5) is 4.39 Å². The number of aromatic nitrogens is 1. The molecule has 4 rings (SSSR count). The Hall–Kier alpha value is -1.72. The van der Waals surface area contributed by atoms with Gasteiger partial charge in [-0.1, -0.05) is 6.07 Å². The number of nitrogens with one attached hydrogen (secondary N) is 1. The van der Waals surface area contributed by atoms with Crippen LogP contribution >= 0.6 is 0 Å². The van der Waals surface area contributed by atoms with Crippen molar-refractivity contribution in [3.05, 3.63) is 42.0 Å². The number of piperidine rings is 1. The summed E-state index contributed by atoms with van der Waals surface area (Å²) in [4.78, 5) is 6.97. The predicted octanol–water partition coefficient (Wildman–Crippen LogP) is 3.44. The van der Waals surface area contributed by atoms with Gasteiger partial charge in [0.2, 0.25) is 5.89 Å². The maximum Gasteiger partial charge on any atom is 0.226 e. The number of likely N-dealkylation sites (tertiary alicyclic amines) is 1. The molecule has 0 bridgehead atoms. The molecule has 0 saturated carbocycles. The van der Waals surface area contributed by atoms with E-state index < -0.39 is 0 Å². The topological polar surface area (TPSA) is 41.3 Å². The first-order valence-corrected chi connectivity index (χ1v) is 8.94. The molecule has 2 aliphatic rings. The monoisotopic (exact) mass is 329 g/mol. The van der Waals surface area contributed by atoms with E-state index in [0.717, 1.165) is 37.3 Å². The molecule has 1 unspecified atom stereocenters. The van der Waals surface area contributed by atoms with Crippen molar-refractivity contribution in [1.29, 1.82) is 0 Å². The van der Waals surface area contributed by atoms with Crippen molar-refractivity contribution in [1.82, 2.24) is 15.2 Å². The Morgan fingerprint density at radius 1 is 1.25 bits per heavy atom. The van der Waals surface area contributed by atoms with Crippen LogP contribution < -0.4 is 5.32 Å². The molecule has 0 amide bonds. The first-order chi connectivity index (χ1) is 11.8. The Bertz CT molecular complexity index is 673. The summed E-state index contributed by atoms with van der Waals surface area (Å²) in [5.74, 6) is 1.05. The second-order valence-corrected chi connectivity index (χ2v) is 6.97. The van der Waals surface area contributed by atoms with E-state index in [9.17, 15) is 4.39 Å². The molecule has 2 saturated heterocycles. The third-order valence-electron chi connectivity index (χ3n) is 5.31. The maximum absolute atomic E-state index is 13.3. The van der Waals surface area contributed by atoms with Gasteiger partial charge in [-0.25, -0.2) is 9.37 Å². The zero-order valence-corrected chi connectivity index (χ0v) is 13.9. The summed E-state index contributed by atoms with van der Waals surface area (Å²) in [6, 6.07) is 7.11. The lowest BCUT2D eigenvalue weighted by molar-refractivity contribution is 0.156. The van der Waals surface area contributed by atoms with Gasteiger partial charge in [-0.15, -0.1) is 0 Å². The minimum atomic E-state index is -0.269. The normalized spacial score (nSPS) is 23.0. The van der Waals surface area contributed by atoms with E-state index in [4.69, 9.17) is 4.42 Å². The van der Waals surface area contributed by atoms with Crippen molar-refractivity contribution in [2.75, 3.05) is 19.6 Å². The molecule has 0 radical (unpaired) electrons. The smallest absolute Gasteiger partial charge is 0.226 e. The van der Waals surface area contributed by atoms with Gasteiger partial charge in [-0.3, -0.25) is 4.90 Å². The first-order valence-electron chi connectivity index (χ1n) is 8.94. The average Bonchev–Trinajstić information content (AvgIpc) is 3.27. The summed E-state index contributed by atoms with van der Waals surface area (Å²) in [5.41, 5.74) is 1.61. The molecule has 1 atom stereocenters. The Balaban J connectivity index is 1.33. The quantitative estimate of drug-likeness (QED) is 0.933. The van der Waals surface area contributed by atoms with Crippen LogP contribution in [0.2, 0.25) is 0 Å². The number of benzene rings is 1. The van der Waals surface area contributed by atoms with Crippen LogP contribution in [0.5, 0.6) is 0 Å². The minimum Gasteiger partial charge on any atom is -0.444 e. The van der Waals surface area contributed by atoms with Gasteiger partial charge in [0.15, 0.2) is 0 Å². The van der Waals surface area contributed by atoms with E-state index in [1.54, 1.807) is 12.3 Å². The highest BCUT2D eigenvalue weighted by atomic mass is 19.1. The zero-order valence-electron chi connectivity index (χ0n) is 13.9. The summed E-state index contributed by atoms with van der Waals surface area (Å²) in [6.07, 6.45) is 6.88. The van der Waals surface area contributed by atoms with E-state index in [2.05, 4.69) is 15.2 Å². The van der Waals surface area contributed by atoms with Crippen molar-refractivity contribution in [2.24, 2.45) is 5.92 Å². The average molecular weight is 329 g/mol. The SMILES string of the molecule is Fc1cccc(-c2nc(CN3CCC(C4CCCN4)CC3)co2)c1. The fourth-order valence-corrected chi connectivity index (χ4v) is 3.99. The Labute approximate surface area is 142 Å². The van der Waals surface area contributed by atoms with E-state index in [0.29, 0.717) is 11.5 Å². The molecule has 3 heterocycles. The number of hydrogen-bond donors (Lipinski definition) is 1. The van der Waals surface area contributed by atoms with E-state index in [1.807, 2.05) is 6.07 Å². The highest BCUT2D eigenvalue weighted by molar-refractivity contribution is 5.52. The lowest BCUT2D eigenvalue weighted by atomic mass is 9.88. The van der Waals surface area contributed by atoms with Gasteiger partial charge in [0, 0.05) is 18.2 Å². The van der Waals surface area contributed by atoms with Crippen LogP contribution in [-0.4, -0.2) is 35.6 Å². The molecule has 2 aliphatic heterocycles. The third kappa shape index (κ3) is 3.52. The number of hydrogen-bond acceptors (Lipinski definition) is 4. The van der Waals surface area contributed by atoms with Gasteiger partial charge >= 0.3 is 0 Å². The molecule has 0 spiro atoms. The molecule has 5 heteroatoms. The summed E-state index contributed by atoms with van der Waals surface area (Å²) >= 11 is 0. The molecule has 128 valence electrons. The van der Waals surface area contributed by atoms with Crippen LogP contribution in [0.15, 0.2) is 34.9 Å². The summed E-state index contributed by atoms with van der Waals surface area (Å²) in [7, 11) is 0. The van der Waals surface area contributed by atoms with Gasteiger partial charge in [0.25, 0.3) is 0 Å². The standard InChI is InChI=1S/C19H24FN3O/c20-16-4-1-3-15(11-16)19-22-17(13-24-19)12-23-9-6-14(7-10-23)18-5-2-8-21-18/h1,3-4,11,13-14,18,21H,2,5-10,12H2. The first kappa shape index (κ1) is 15.8. The van der Waals surface area contributed by atoms with E-state index in [-0.39, 0.29) is 5.82 Å². The van der Waals surface area contributed by atoms with Crippen molar-refractivity contribution in [3.8, 4) is 11.5 Å². The Morgan fingerprint density at radius 2 is 2.12 bits per heavy atom. The zero-order chi connectivity index (χ0) is 16.4. The summed E-state index contributed by atoms with van der Waals surface area (Å²) < 4.78 is 18.8. The van der Waals surface area contributed by atoms with Gasteiger partial charge in [-0.2, -0.15) is 0 Å². The number of halogens is 1. The lowest BCUT2D eigenvalue weighted by Crippen LogP contribution is -2.40. The molecular weight excluding hydrogens is 305 g/mol. The molecule has 1 N–H and O–H groups in total. The van der Waals surface area contributed by atoms with Crippen LogP contribution in [-0.2, 0) is 6.54 Å². The van der Waals surface area contributed by atoms with Crippen LogP contribution in [0.25, 0.3) is 11.5 Å².